The molecule has 94 valence electrons. The van der Waals surface area contributed by atoms with E-state index in [-0.39, 0.29) is 0 Å². The van der Waals surface area contributed by atoms with Gasteiger partial charge in [0.15, 0.2) is 0 Å². The predicted molar refractivity (Wildman–Crippen MR) is 72.9 cm³/mol. The molecule has 0 bridgehead atoms. The third-order valence-electron chi connectivity index (χ3n) is 3.10. The maximum Gasteiger partial charge on any atom is 0.106 e. The average molecular weight is 251 g/mol. The molecule has 1 aliphatic rings. The highest BCUT2D eigenvalue weighted by Crippen LogP contribution is 2.23. The number of aromatic amines is 1. The summed E-state index contributed by atoms with van der Waals surface area (Å²) in [7, 11) is 1.58. The molecule has 4 nitrogen and oxygen atoms in total. The SMILES string of the molecule is CON=C1CCc2cc(C#Cc3cn[nH]c3)ccc21. The van der Waals surface area contributed by atoms with Gasteiger partial charge in [0.05, 0.1) is 17.5 Å². The largest absolute Gasteiger partial charge is 0.399 e. The van der Waals surface area contributed by atoms with Crippen LogP contribution in [0.1, 0.15) is 28.7 Å². The number of hydrogen-bond donors (Lipinski definition) is 1. The Morgan fingerprint density at radius 2 is 2.16 bits per heavy atom. The molecule has 3 rings (SSSR count). The summed E-state index contributed by atoms with van der Waals surface area (Å²) in [5, 5.41) is 10.7. The number of oxime groups is 1. The average Bonchev–Trinajstić information content (AvgIpc) is 3.06. The first-order valence-electron chi connectivity index (χ1n) is 6.11. The Balaban J connectivity index is 1.89. The minimum absolute atomic E-state index is 0.891. The fourth-order valence-corrected chi connectivity index (χ4v) is 2.22. The van der Waals surface area contributed by atoms with Gasteiger partial charge in [-0.05, 0) is 30.5 Å². The zero-order valence-electron chi connectivity index (χ0n) is 10.6. The molecule has 0 radical (unpaired) electrons. The van der Waals surface area contributed by atoms with Gasteiger partial charge in [0.1, 0.15) is 7.11 Å². The van der Waals surface area contributed by atoms with Gasteiger partial charge in [0.25, 0.3) is 0 Å². The van der Waals surface area contributed by atoms with E-state index in [1.165, 1.54) is 11.1 Å². The standard InChI is InChI=1S/C15H13N3O/c1-19-18-15-7-5-13-8-11(4-6-14(13)15)2-3-12-9-16-17-10-12/h4,6,8-10H,5,7H2,1H3,(H,16,17). The first-order valence-corrected chi connectivity index (χ1v) is 6.11. The van der Waals surface area contributed by atoms with Crippen molar-refractivity contribution in [2.75, 3.05) is 7.11 Å². The quantitative estimate of drug-likeness (QED) is 0.623. The molecule has 4 heteroatoms. The van der Waals surface area contributed by atoms with E-state index in [2.05, 4.69) is 39.3 Å². The third kappa shape index (κ3) is 2.36. The first kappa shape index (κ1) is 11.5. The minimum Gasteiger partial charge on any atom is -0.399 e. The minimum atomic E-state index is 0.891. The summed E-state index contributed by atoms with van der Waals surface area (Å²) in [6, 6.07) is 6.21. The van der Waals surface area contributed by atoms with Crippen molar-refractivity contribution in [3.05, 3.63) is 52.8 Å². The van der Waals surface area contributed by atoms with Crippen LogP contribution in [0.15, 0.2) is 35.7 Å². The van der Waals surface area contributed by atoms with Crippen LogP contribution in [0.25, 0.3) is 0 Å². The zero-order chi connectivity index (χ0) is 13.1. The van der Waals surface area contributed by atoms with E-state index >= 15 is 0 Å². The van der Waals surface area contributed by atoms with Crippen LogP contribution in [0.3, 0.4) is 0 Å². The molecule has 19 heavy (non-hydrogen) atoms. The summed E-state index contributed by atoms with van der Waals surface area (Å²) >= 11 is 0. The number of nitrogens with zero attached hydrogens (tertiary/aromatic N) is 2. The Kier molecular flexibility index (Phi) is 3.03. The highest BCUT2D eigenvalue weighted by Gasteiger charge is 2.18. The number of hydrogen-bond acceptors (Lipinski definition) is 3. The summed E-state index contributed by atoms with van der Waals surface area (Å²) in [6.45, 7) is 0. The topological polar surface area (TPSA) is 50.3 Å². The molecule has 0 spiro atoms. The van der Waals surface area contributed by atoms with E-state index in [0.29, 0.717) is 0 Å². The van der Waals surface area contributed by atoms with Gasteiger partial charge in [-0.3, -0.25) is 5.10 Å². The smallest absolute Gasteiger partial charge is 0.106 e. The number of aryl methyl sites for hydroxylation is 1. The van der Waals surface area contributed by atoms with E-state index in [4.69, 9.17) is 4.84 Å². The van der Waals surface area contributed by atoms with Crippen LogP contribution in [0.5, 0.6) is 0 Å². The van der Waals surface area contributed by atoms with Crippen molar-refractivity contribution in [2.45, 2.75) is 12.8 Å². The number of benzene rings is 1. The monoisotopic (exact) mass is 251 g/mol. The van der Waals surface area contributed by atoms with E-state index in [1.807, 2.05) is 6.07 Å². The highest BCUT2D eigenvalue weighted by molar-refractivity contribution is 6.04. The molecule has 1 aromatic heterocycles. The lowest BCUT2D eigenvalue weighted by Crippen LogP contribution is -1.95. The van der Waals surface area contributed by atoms with Crippen LogP contribution in [0, 0.1) is 11.8 Å². The Bertz CT molecular complexity index is 675. The molecule has 0 aliphatic heterocycles. The van der Waals surface area contributed by atoms with Crippen LogP contribution in [0.4, 0.5) is 0 Å². The van der Waals surface area contributed by atoms with E-state index in [9.17, 15) is 0 Å². The van der Waals surface area contributed by atoms with Crippen molar-refractivity contribution in [2.24, 2.45) is 5.16 Å². The molecule has 1 heterocycles. The molecule has 0 saturated heterocycles. The Morgan fingerprint density at radius 1 is 1.26 bits per heavy atom. The molecule has 1 aliphatic carbocycles. The van der Waals surface area contributed by atoms with Gasteiger partial charge < -0.3 is 4.84 Å². The predicted octanol–water partition coefficient (Wildman–Crippen LogP) is 2.11. The second-order valence-electron chi connectivity index (χ2n) is 4.33. The van der Waals surface area contributed by atoms with E-state index < -0.39 is 0 Å². The number of fused-ring (bicyclic) bond motifs is 1. The van der Waals surface area contributed by atoms with Crippen molar-refractivity contribution < 1.29 is 4.84 Å². The lowest BCUT2D eigenvalue weighted by atomic mass is 10.1. The summed E-state index contributed by atoms with van der Waals surface area (Å²) in [5.74, 6) is 6.21. The van der Waals surface area contributed by atoms with Gasteiger partial charge in [-0.25, -0.2) is 0 Å². The summed E-state index contributed by atoms with van der Waals surface area (Å²) in [6.07, 6.45) is 5.42. The molecular weight excluding hydrogens is 238 g/mol. The van der Waals surface area contributed by atoms with E-state index in [0.717, 1.165) is 29.7 Å². The Labute approximate surface area is 111 Å². The molecule has 1 aromatic carbocycles. The normalized spacial score (nSPS) is 14.9. The zero-order valence-corrected chi connectivity index (χ0v) is 10.6. The summed E-state index contributed by atoms with van der Waals surface area (Å²) < 4.78 is 0. The van der Waals surface area contributed by atoms with E-state index in [1.54, 1.807) is 19.5 Å². The maximum atomic E-state index is 4.86. The van der Waals surface area contributed by atoms with Gasteiger partial charge in [-0.2, -0.15) is 5.10 Å². The third-order valence-corrected chi connectivity index (χ3v) is 3.10. The van der Waals surface area contributed by atoms with Gasteiger partial charge in [-0.1, -0.05) is 23.1 Å². The molecule has 0 unspecified atom stereocenters. The van der Waals surface area contributed by atoms with Crippen LogP contribution in [0.2, 0.25) is 0 Å². The summed E-state index contributed by atoms with van der Waals surface area (Å²) in [5.41, 5.74) is 5.39. The number of aromatic nitrogens is 2. The molecule has 0 saturated carbocycles. The van der Waals surface area contributed by atoms with Gasteiger partial charge in [0, 0.05) is 17.3 Å². The molecule has 0 amide bonds. The first-order chi connectivity index (χ1) is 9.36. The number of nitrogens with one attached hydrogen (secondary N) is 1. The van der Waals surface area contributed by atoms with Crippen molar-refractivity contribution in [3.8, 4) is 11.8 Å². The fourth-order valence-electron chi connectivity index (χ4n) is 2.22. The van der Waals surface area contributed by atoms with Crippen molar-refractivity contribution in [1.29, 1.82) is 0 Å². The van der Waals surface area contributed by atoms with Crippen molar-refractivity contribution >= 4 is 5.71 Å². The molecule has 0 fully saturated rings. The highest BCUT2D eigenvalue weighted by atomic mass is 16.6. The molecule has 1 N–H and O–H groups in total. The molecule has 2 aromatic rings. The van der Waals surface area contributed by atoms with Crippen molar-refractivity contribution in [1.82, 2.24) is 10.2 Å². The van der Waals surface area contributed by atoms with Crippen LogP contribution in [-0.4, -0.2) is 23.0 Å². The van der Waals surface area contributed by atoms with Crippen LogP contribution < -0.4 is 0 Å². The summed E-state index contributed by atoms with van der Waals surface area (Å²) in [4.78, 5) is 4.86. The fraction of sp³-hybridized carbons (Fsp3) is 0.200. The second kappa shape index (κ2) is 4.99. The van der Waals surface area contributed by atoms with Crippen LogP contribution in [-0.2, 0) is 11.3 Å². The second-order valence-corrected chi connectivity index (χ2v) is 4.33. The van der Waals surface area contributed by atoms with Gasteiger partial charge in [0.2, 0.25) is 0 Å². The number of rotatable bonds is 1. The van der Waals surface area contributed by atoms with Gasteiger partial charge >= 0.3 is 0 Å². The molecule has 0 atom stereocenters. The Hall–Kier alpha value is -2.54. The Morgan fingerprint density at radius 3 is 2.95 bits per heavy atom. The molecular formula is C15H13N3O. The van der Waals surface area contributed by atoms with Crippen LogP contribution >= 0.6 is 0 Å². The maximum absolute atomic E-state index is 4.86. The lowest BCUT2D eigenvalue weighted by Gasteiger charge is -2.00. The van der Waals surface area contributed by atoms with Crippen molar-refractivity contribution in [3.63, 3.8) is 0 Å². The lowest BCUT2D eigenvalue weighted by molar-refractivity contribution is 0.213. The number of H-pyrrole nitrogens is 1. The van der Waals surface area contributed by atoms with Gasteiger partial charge in [-0.15, -0.1) is 0 Å².